The minimum atomic E-state index is -4.30. The summed E-state index contributed by atoms with van der Waals surface area (Å²) >= 11 is 0. The number of hydrogen-bond donors (Lipinski definition) is 1. The van der Waals surface area contributed by atoms with Crippen molar-refractivity contribution in [3.05, 3.63) is 18.0 Å². The summed E-state index contributed by atoms with van der Waals surface area (Å²) in [4.78, 5) is 0. The van der Waals surface area contributed by atoms with Crippen LogP contribution in [0.4, 0.5) is 13.2 Å². The Labute approximate surface area is 212 Å². The third kappa shape index (κ3) is 4.60. The number of nitriles is 1. The summed E-state index contributed by atoms with van der Waals surface area (Å²) in [7, 11) is 0. The van der Waals surface area contributed by atoms with Crippen LogP contribution in [0.25, 0.3) is 0 Å². The molecule has 0 bridgehead atoms. The van der Waals surface area contributed by atoms with Crippen LogP contribution in [-0.4, -0.2) is 39.9 Å². The van der Waals surface area contributed by atoms with E-state index in [-0.39, 0.29) is 12.0 Å². The molecule has 0 spiro atoms. The van der Waals surface area contributed by atoms with E-state index in [9.17, 15) is 18.3 Å². The number of hydrogen-bond acceptors (Lipinski definition) is 4. The van der Waals surface area contributed by atoms with Gasteiger partial charge in [-0.05, 0) is 106 Å². The average molecular weight is 508 g/mol. The normalized spacial score (nSPS) is 41.1. The average Bonchev–Trinajstić information content (AvgIpc) is 3.44. The van der Waals surface area contributed by atoms with Crippen molar-refractivity contribution >= 4 is 0 Å². The van der Waals surface area contributed by atoms with Crippen molar-refractivity contribution in [3.8, 4) is 6.07 Å². The molecule has 5 rings (SSSR count). The highest BCUT2D eigenvalue weighted by atomic mass is 19.4. The smallest absolute Gasteiger partial charge is 0.387 e. The molecule has 1 N–H and O–H groups in total. The van der Waals surface area contributed by atoms with Crippen LogP contribution in [0.3, 0.4) is 0 Å². The van der Waals surface area contributed by atoms with E-state index in [4.69, 9.17) is 10.00 Å². The Morgan fingerprint density at radius 2 is 1.94 bits per heavy atom. The van der Waals surface area contributed by atoms with Gasteiger partial charge in [0.25, 0.3) is 0 Å². The number of fused-ring (bicyclic) bond motifs is 5. The van der Waals surface area contributed by atoms with E-state index in [2.05, 4.69) is 12.0 Å². The zero-order valence-electron chi connectivity index (χ0n) is 21.5. The second-order valence-electron chi connectivity index (χ2n) is 12.5. The number of nitrogens with zero attached hydrogens (tertiary/aromatic N) is 3. The number of aromatic nitrogens is 2. The number of halogens is 3. The summed E-state index contributed by atoms with van der Waals surface area (Å²) in [6, 6.07) is 1.96. The van der Waals surface area contributed by atoms with Gasteiger partial charge in [-0.2, -0.15) is 23.5 Å². The van der Waals surface area contributed by atoms with Gasteiger partial charge in [0, 0.05) is 12.8 Å². The van der Waals surface area contributed by atoms with Gasteiger partial charge in [-0.15, -0.1) is 0 Å². The lowest BCUT2D eigenvalue weighted by Crippen LogP contribution is -2.53. The van der Waals surface area contributed by atoms with Gasteiger partial charge in [0.05, 0.1) is 36.4 Å². The summed E-state index contributed by atoms with van der Waals surface area (Å²) in [5.74, 6) is 0.630. The molecule has 4 saturated carbocycles. The predicted octanol–water partition coefficient (Wildman–Crippen LogP) is 5.97. The van der Waals surface area contributed by atoms with E-state index >= 15 is 0 Å². The Hall–Kier alpha value is -1.59. The van der Waals surface area contributed by atoms with E-state index in [0.29, 0.717) is 54.8 Å². The van der Waals surface area contributed by atoms with Crippen molar-refractivity contribution in [1.29, 1.82) is 5.26 Å². The fourth-order valence-electron chi connectivity index (χ4n) is 9.27. The maximum atomic E-state index is 14.5. The molecule has 0 aliphatic heterocycles. The predicted molar refractivity (Wildman–Crippen MR) is 129 cm³/mol. The van der Waals surface area contributed by atoms with Gasteiger partial charge >= 0.3 is 6.18 Å². The third-order valence-electron chi connectivity index (χ3n) is 10.8. The molecule has 8 heteroatoms. The van der Waals surface area contributed by atoms with Crippen LogP contribution >= 0.6 is 0 Å². The van der Waals surface area contributed by atoms with Crippen molar-refractivity contribution in [3.63, 3.8) is 0 Å². The minimum absolute atomic E-state index is 0.213. The lowest BCUT2D eigenvalue weighted by Gasteiger charge is -2.57. The molecule has 1 aromatic rings. The second kappa shape index (κ2) is 9.62. The van der Waals surface area contributed by atoms with Gasteiger partial charge in [0.1, 0.15) is 6.07 Å². The first-order valence-corrected chi connectivity index (χ1v) is 13.9. The second-order valence-corrected chi connectivity index (χ2v) is 12.5. The number of alkyl halides is 3. The van der Waals surface area contributed by atoms with Crippen LogP contribution in [0.15, 0.2) is 12.4 Å². The fraction of sp³-hybridized carbons (Fsp3) is 0.857. The molecule has 0 saturated heterocycles. The topological polar surface area (TPSA) is 71.1 Å². The van der Waals surface area contributed by atoms with Crippen LogP contribution in [0.5, 0.6) is 0 Å². The molecule has 0 unspecified atom stereocenters. The Morgan fingerprint density at radius 3 is 2.64 bits per heavy atom. The van der Waals surface area contributed by atoms with Crippen molar-refractivity contribution in [2.24, 2.45) is 46.8 Å². The van der Waals surface area contributed by atoms with Crippen molar-refractivity contribution in [1.82, 2.24) is 9.78 Å². The van der Waals surface area contributed by atoms with Gasteiger partial charge in [0.2, 0.25) is 0 Å². The van der Waals surface area contributed by atoms with E-state index in [1.165, 1.54) is 17.1 Å². The first-order valence-electron chi connectivity index (χ1n) is 13.9. The van der Waals surface area contributed by atoms with Crippen LogP contribution in [-0.2, 0) is 11.3 Å². The summed E-state index contributed by atoms with van der Waals surface area (Å²) in [5.41, 5.74) is -0.739. The monoisotopic (exact) mass is 507 g/mol. The Balaban J connectivity index is 1.32. The Morgan fingerprint density at radius 1 is 1.17 bits per heavy atom. The molecule has 4 aliphatic rings. The van der Waals surface area contributed by atoms with Gasteiger partial charge in [-0.25, -0.2) is 0 Å². The molecule has 0 radical (unpaired) electrons. The standard InChI is InChI=1S/C28H40F3N3O2/c1-3-36-17-27(35)11-9-20-19(12-27)4-5-22-21(20)8-10-26(2)23(22)6-7-24(26)25(28(29,30)31)16-34-15-18(13-32)14-33-34/h14-15,19-25,35H,3-12,16-17H2,1-2H3/t19-,20+,21-,22-,23+,24-,25+,26+,27-/m1/s1. The largest absolute Gasteiger partial charge is 0.393 e. The molecule has 0 aromatic carbocycles. The van der Waals surface area contributed by atoms with Crippen LogP contribution in [0, 0.1) is 58.2 Å². The van der Waals surface area contributed by atoms with Gasteiger partial charge < -0.3 is 9.84 Å². The molecular formula is C28H40F3N3O2. The summed E-state index contributed by atoms with van der Waals surface area (Å²) in [6.07, 6.45) is 6.55. The molecular weight excluding hydrogens is 467 g/mol. The van der Waals surface area contributed by atoms with Gasteiger partial charge in [-0.1, -0.05) is 6.92 Å². The minimum Gasteiger partial charge on any atom is -0.387 e. The van der Waals surface area contributed by atoms with Crippen LogP contribution < -0.4 is 0 Å². The molecule has 200 valence electrons. The first-order chi connectivity index (χ1) is 17.1. The molecule has 1 heterocycles. The van der Waals surface area contributed by atoms with Crippen molar-refractivity contribution in [2.45, 2.75) is 90.0 Å². The number of rotatable bonds is 6. The molecule has 1 aromatic heterocycles. The Kier molecular flexibility index (Phi) is 6.95. The quantitative estimate of drug-likeness (QED) is 0.515. The molecule has 36 heavy (non-hydrogen) atoms. The number of aliphatic hydroxyl groups is 1. The van der Waals surface area contributed by atoms with Crippen LogP contribution in [0.1, 0.15) is 77.2 Å². The first kappa shape index (κ1) is 26.0. The van der Waals surface area contributed by atoms with E-state index < -0.39 is 23.6 Å². The molecule has 5 nitrogen and oxygen atoms in total. The highest BCUT2D eigenvalue weighted by molar-refractivity contribution is 5.21. The maximum absolute atomic E-state index is 14.5. The van der Waals surface area contributed by atoms with E-state index in [1.54, 1.807) is 0 Å². The van der Waals surface area contributed by atoms with Gasteiger partial charge in [0.15, 0.2) is 0 Å². The summed E-state index contributed by atoms with van der Waals surface area (Å²) in [6.45, 7) is 4.91. The molecule has 9 atom stereocenters. The molecule has 0 amide bonds. The van der Waals surface area contributed by atoms with Crippen LogP contribution in [0.2, 0.25) is 0 Å². The molecule has 4 aliphatic carbocycles. The summed E-state index contributed by atoms with van der Waals surface area (Å²) in [5, 5.41) is 24.2. The summed E-state index contributed by atoms with van der Waals surface area (Å²) < 4.78 is 50.2. The Bertz CT molecular complexity index is 974. The zero-order chi connectivity index (χ0) is 25.7. The maximum Gasteiger partial charge on any atom is 0.393 e. The SMILES string of the molecule is CCOC[C@@]1(O)CC[C@H]2[C@H](CC[C@@H]3[C@@H]2CC[C@]2(C)[C@@H]([C@H](Cn4cc(C#N)cn4)C(F)(F)F)CC[C@@H]32)C1. The van der Waals surface area contributed by atoms with E-state index in [1.807, 2.05) is 13.0 Å². The van der Waals surface area contributed by atoms with E-state index in [0.717, 1.165) is 51.4 Å². The fourth-order valence-corrected chi connectivity index (χ4v) is 9.27. The highest BCUT2D eigenvalue weighted by Crippen LogP contribution is 2.66. The highest BCUT2D eigenvalue weighted by Gasteiger charge is 2.62. The number of ether oxygens (including phenoxy) is 1. The lowest BCUT2D eigenvalue weighted by molar-refractivity contribution is -0.209. The van der Waals surface area contributed by atoms with Crippen molar-refractivity contribution in [2.75, 3.05) is 13.2 Å². The zero-order valence-corrected chi connectivity index (χ0v) is 21.5. The van der Waals surface area contributed by atoms with Crippen molar-refractivity contribution < 1.29 is 23.0 Å². The third-order valence-corrected chi connectivity index (χ3v) is 10.8. The molecule has 4 fully saturated rings. The van der Waals surface area contributed by atoms with Gasteiger partial charge in [-0.3, -0.25) is 4.68 Å². The lowest BCUT2D eigenvalue weighted by atomic mass is 9.48.